The highest BCUT2D eigenvalue weighted by molar-refractivity contribution is 5.97. The van der Waals surface area contributed by atoms with Gasteiger partial charge in [0.2, 0.25) is 0 Å². The van der Waals surface area contributed by atoms with Gasteiger partial charge in [-0.3, -0.25) is 5.10 Å². The number of carboxylic acids is 1. The van der Waals surface area contributed by atoms with E-state index in [9.17, 15) is 4.79 Å². The van der Waals surface area contributed by atoms with Crippen molar-refractivity contribution in [3.63, 3.8) is 0 Å². The Kier molecular flexibility index (Phi) is 1.62. The van der Waals surface area contributed by atoms with E-state index in [1.165, 1.54) is 0 Å². The number of rotatable bonds is 1. The molecule has 2 aromatic heterocycles. The Morgan fingerprint density at radius 2 is 2.38 bits per heavy atom. The van der Waals surface area contributed by atoms with Crippen LogP contribution in [0.4, 0.5) is 5.69 Å². The Bertz CT molecular complexity index is 582. The lowest BCUT2D eigenvalue weighted by atomic mass is 10.1. The highest BCUT2D eigenvalue weighted by atomic mass is 16.4. The van der Waals surface area contributed by atoms with Gasteiger partial charge in [-0.2, -0.15) is 5.10 Å². The van der Waals surface area contributed by atoms with E-state index in [-0.39, 0.29) is 5.69 Å². The first-order valence-electron chi connectivity index (χ1n) is 4.91. The molecule has 1 aliphatic rings. The summed E-state index contributed by atoms with van der Waals surface area (Å²) in [4.78, 5) is 14.1. The summed E-state index contributed by atoms with van der Waals surface area (Å²) in [5.74, 6) is -1.00. The fourth-order valence-corrected chi connectivity index (χ4v) is 2.04. The maximum atomic E-state index is 10.9. The second-order valence-corrected chi connectivity index (χ2v) is 3.83. The van der Waals surface area contributed by atoms with Gasteiger partial charge >= 0.3 is 5.97 Å². The molecule has 3 rings (SSSR count). The number of aryl methyl sites for hydroxylation is 1. The van der Waals surface area contributed by atoms with E-state index in [2.05, 4.69) is 20.5 Å². The van der Waals surface area contributed by atoms with E-state index in [1.807, 2.05) is 13.0 Å². The van der Waals surface area contributed by atoms with Gasteiger partial charge in [0.1, 0.15) is 5.69 Å². The number of aromatic carboxylic acids is 1. The minimum atomic E-state index is -1.00. The zero-order valence-corrected chi connectivity index (χ0v) is 8.59. The van der Waals surface area contributed by atoms with Crippen molar-refractivity contribution in [1.29, 1.82) is 0 Å². The molecule has 0 fully saturated rings. The quantitative estimate of drug-likeness (QED) is 0.581. The standard InChI is InChI=1S/C10H10N4O2/c1-4-2-5-6(12-4)3-11-8-7(5)13-14-9(8)10(15)16/h2,11-12H,3H2,1H3,(H,13,14)(H,15,16). The van der Waals surface area contributed by atoms with Gasteiger partial charge in [-0.05, 0) is 13.0 Å². The number of fused-ring (bicyclic) bond motifs is 3. The van der Waals surface area contributed by atoms with Crippen molar-refractivity contribution in [2.75, 3.05) is 5.32 Å². The number of carboxylic acid groups (broad SMARTS) is 1. The molecule has 0 atom stereocenters. The predicted molar refractivity (Wildman–Crippen MR) is 57.4 cm³/mol. The van der Waals surface area contributed by atoms with Crippen molar-refractivity contribution < 1.29 is 9.90 Å². The van der Waals surface area contributed by atoms with Crippen LogP contribution in [-0.2, 0) is 6.54 Å². The first-order valence-corrected chi connectivity index (χ1v) is 4.91. The van der Waals surface area contributed by atoms with E-state index in [1.54, 1.807) is 0 Å². The Labute approximate surface area is 90.7 Å². The minimum absolute atomic E-state index is 0.111. The summed E-state index contributed by atoms with van der Waals surface area (Å²) in [6.45, 7) is 2.55. The molecule has 0 unspecified atom stereocenters. The fourth-order valence-electron chi connectivity index (χ4n) is 2.04. The summed E-state index contributed by atoms with van der Waals surface area (Å²) in [5, 5.41) is 18.6. The number of aromatic nitrogens is 3. The topological polar surface area (TPSA) is 93.8 Å². The molecule has 16 heavy (non-hydrogen) atoms. The molecular weight excluding hydrogens is 208 g/mol. The van der Waals surface area contributed by atoms with Gasteiger partial charge in [0.05, 0.1) is 12.2 Å². The molecule has 6 nitrogen and oxygen atoms in total. The van der Waals surface area contributed by atoms with Crippen LogP contribution in [0.15, 0.2) is 6.07 Å². The van der Waals surface area contributed by atoms with Crippen LogP contribution in [0.2, 0.25) is 0 Å². The second-order valence-electron chi connectivity index (χ2n) is 3.83. The Morgan fingerprint density at radius 3 is 3.12 bits per heavy atom. The van der Waals surface area contributed by atoms with Crippen molar-refractivity contribution in [3.8, 4) is 11.3 Å². The van der Waals surface area contributed by atoms with Crippen LogP contribution in [0.1, 0.15) is 21.9 Å². The van der Waals surface area contributed by atoms with Crippen molar-refractivity contribution in [3.05, 3.63) is 23.1 Å². The van der Waals surface area contributed by atoms with Crippen molar-refractivity contribution in [2.45, 2.75) is 13.5 Å². The molecule has 0 saturated heterocycles. The molecule has 3 heterocycles. The molecule has 0 bridgehead atoms. The Hall–Kier alpha value is -2.24. The zero-order valence-electron chi connectivity index (χ0n) is 8.59. The molecule has 0 spiro atoms. The normalized spacial score (nSPS) is 12.8. The first-order chi connectivity index (χ1) is 7.66. The third kappa shape index (κ3) is 1.06. The van der Waals surface area contributed by atoms with Crippen molar-refractivity contribution in [1.82, 2.24) is 15.2 Å². The number of H-pyrrole nitrogens is 2. The van der Waals surface area contributed by atoms with E-state index in [4.69, 9.17) is 5.11 Å². The summed E-state index contributed by atoms with van der Waals surface area (Å²) < 4.78 is 0. The Morgan fingerprint density at radius 1 is 1.56 bits per heavy atom. The number of nitrogens with one attached hydrogen (secondary N) is 3. The van der Waals surface area contributed by atoms with E-state index in [0.29, 0.717) is 17.9 Å². The maximum absolute atomic E-state index is 10.9. The number of hydrogen-bond acceptors (Lipinski definition) is 3. The molecule has 0 saturated carbocycles. The average molecular weight is 218 g/mol. The number of carbonyl (C=O) groups is 1. The number of aromatic amines is 2. The SMILES string of the molecule is Cc1cc2c([nH]1)CNc1c-2n[nH]c1C(=O)O. The van der Waals surface area contributed by atoms with Gasteiger partial charge in [0, 0.05) is 17.0 Å². The summed E-state index contributed by atoms with van der Waals surface area (Å²) in [6, 6.07) is 1.97. The highest BCUT2D eigenvalue weighted by Gasteiger charge is 2.25. The van der Waals surface area contributed by atoms with Gasteiger partial charge in [0.25, 0.3) is 0 Å². The van der Waals surface area contributed by atoms with E-state index < -0.39 is 5.97 Å². The highest BCUT2D eigenvalue weighted by Crippen LogP contribution is 2.36. The smallest absolute Gasteiger partial charge is 0.356 e. The molecular formula is C10H10N4O2. The number of nitrogens with zero attached hydrogens (tertiary/aromatic N) is 1. The van der Waals surface area contributed by atoms with Gasteiger partial charge in [-0.25, -0.2) is 4.79 Å². The number of anilines is 1. The van der Waals surface area contributed by atoms with Crippen LogP contribution < -0.4 is 5.32 Å². The average Bonchev–Trinajstić information content (AvgIpc) is 2.77. The van der Waals surface area contributed by atoms with E-state index >= 15 is 0 Å². The minimum Gasteiger partial charge on any atom is -0.476 e. The van der Waals surface area contributed by atoms with Crippen LogP contribution in [0.25, 0.3) is 11.3 Å². The van der Waals surface area contributed by atoms with E-state index in [0.717, 1.165) is 17.0 Å². The summed E-state index contributed by atoms with van der Waals surface area (Å²) >= 11 is 0. The zero-order chi connectivity index (χ0) is 11.3. The summed E-state index contributed by atoms with van der Waals surface area (Å²) in [5.41, 5.74) is 4.39. The lowest BCUT2D eigenvalue weighted by molar-refractivity contribution is 0.0691. The second kappa shape index (κ2) is 2.88. The van der Waals surface area contributed by atoms with Gasteiger partial charge in [0.15, 0.2) is 5.69 Å². The van der Waals surface area contributed by atoms with Gasteiger partial charge < -0.3 is 15.4 Å². The Balaban J connectivity index is 2.22. The van der Waals surface area contributed by atoms with Crippen LogP contribution >= 0.6 is 0 Å². The largest absolute Gasteiger partial charge is 0.476 e. The van der Waals surface area contributed by atoms with Crippen molar-refractivity contribution >= 4 is 11.7 Å². The van der Waals surface area contributed by atoms with Gasteiger partial charge in [-0.15, -0.1) is 0 Å². The van der Waals surface area contributed by atoms with Gasteiger partial charge in [-0.1, -0.05) is 0 Å². The first kappa shape index (κ1) is 9.02. The predicted octanol–water partition coefficient (Wildman–Crippen LogP) is 1.34. The fraction of sp³-hybridized carbons (Fsp3) is 0.200. The maximum Gasteiger partial charge on any atom is 0.356 e. The molecule has 6 heteroatoms. The monoisotopic (exact) mass is 218 g/mol. The molecule has 82 valence electrons. The molecule has 2 aromatic rings. The van der Waals surface area contributed by atoms with Crippen LogP contribution in [0, 0.1) is 6.92 Å². The molecule has 0 aromatic carbocycles. The molecule has 0 radical (unpaired) electrons. The molecule has 4 N–H and O–H groups in total. The molecule has 0 amide bonds. The van der Waals surface area contributed by atoms with Crippen molar-refractivity contribution in [2.24, 2.45) is 0 Å². The van der Waals surface area contributed by atoms with Crippen LogP contribution in [-0.4, -0.2) is 26.3 Å². The van der Waals surface area contributed by atoms with Crippen LogP contribution in [0.5, 0.6) is 0 Å². The molecule has 1 aliphatic heterocycles. The third-order valence-corrected chi connectivity index (χ3v) is 2.71. The summed E-state index contributed by atoms with van der Waals surface area (Å²) in [7, 11) is 0. The van der Waals surface area contributed by atoms with Crippen LogP contribution in [0.3, 0.4) is 0 Å². The summed E-state index contributed by atoms with van der Waals surface area (Å²) in [6.07, 6.45) is 0. The third-order valence-electron chi connectivity index (χ3n) is 2.71. The lowest BCUT2D eigenvalue weighted by Gasteiger charge is -2.13. The number of hydrogen-bond donors (Lipinski definition) is 4. The molecule has 0 aliphatic carbocycles. The lowest BCUT2D eigenvalue weighted by Crippen LogP contribution is -2.10.